The zero-order valence-electron chi connectivity index (χ0n) is 13.8. The van der Waals surface area contributed by atoms with Gasteiger partial charge in [0.15, 0.2) is 0 Å². The molecule has 0 N–H and O–H groups in total. The summed E-state index contributed by atoms with van der Waals surface area (Å²) in [4.78, 5) is 27.2. The van der Waals surface area contributed by atoms with Gasteiger partial charge in [0.25, 0.3) is 0 Å². The van der Waals surface area contributed by atoms with E-state index >= 15 is 0 Å². The maximum absolute atomic E-state index is 12.9. The van der Waals surface area contributed by atoms with Crippen molar-refractivity contribution in [3.05, 3.63) is 65.7 Å². The quantitative estimate of drug-likeness (QED) is 0.783. The van der Waals surface area contributed by atoms with Gasteiger partial charge in [-0.05, 0) is 55.4 Å². The number of rotatable bonds is 2. The zero-order valence-corrected chi connectivity index (χ0v) is 13.8. The molecule has 0 bridgehead atoms. The van der Waals surface area contributed by atoms with E-state index in [-0.39, 0.29) is 23.7 Å². The first kappa shape index (κ1) is 15.1. The number of hydrogen-bond donors (Lipinski definition) is 0. The van der Waals surface area contributed by atoms with E-state index in [4.69, 9.17) is 0 Å². The summed E-state index contributed by atoms with van der Waals surface area (Å²) in [5.74, 6) is 0.0370. The molecule has 3 atom stereocenters. The second-order valence-corrected chi connectivity index (χ2v) is 6.98. The standard InChI is InChI=1S/C21H21NO2/c1-14-6-5-9-17(12-14)22-20(23)18-11-10-16(13-19(18)21(22)24)15-7-3-2-4-8-15/h2-9,12,16,18-19H,10-11,13H2,1H3/t16-,18+,19-/m0/s1. The normalized spacial score (nSPS) is 26.5. The van der Waals surface area contributed by atoms with Gasteiger partial charge in [0.1, 0.15) is 0 Å². The second-order valence-electron chi connectivity index (χ2n) is 6.98. The van der Waals surface area contributed by atoms with Crippen LogP contribution >= 0.6 is 0 Å². The van der Waals surface area contributed by atoms with E-state index in [9.17, 15) is 9.59 Å². The lowest BCUT2D eigenvalue weighted by atomic mass is 9.73. The summed E-state index contributed by atoms with van der Waals surface area (Å²) in [6.45, 7) is 1.98. The SMILES string of the molecule is Cc1cccc(N2C(=O)[C@H]3C[C@@H](c4ccccc4)CC[C@H]3C2=O)c1. The molecule has 1 heterocycles. The molecule has 2 fully saturated rings. The molecular formula is C21H21NO2. The Morgan fingerprint density at radius 1 is 0.875 bits per heavy atom. The number of amides is 2. The number of anilines is 1. The van der Waals surface area contributed by atoms with Crippen molar-refractivity contribution in [2.24, 2.45) is 11.8 Å². The van der Waals surface area contributed by atoms with Gasteiger partial charge in [-0.3, -0.25) is 14.5 Å². The van der Waals surface area contributed by atoms with Gasteiger partial charge in [-0.25, -0.2) is 0 Å². The molecule has 2 amide bonds. The molecule has 1 saturated carbocycles. The number of benzene rings is 2. The van der Waals surface area contributed by atoms with E-state index in [1.807, 2.05) is 49.4 Å². The number of aryl methyl sites for hydroxylation is 1. The third-order valence-corrected chi connectivity index (χ3v) is 5.46. The van der Waals surface area contributed by atoms with Crippen LogP contribution in [0, 0.1) is 18.8 Å². The Morgan fingerprint density at radius 3 is 2.38 bits per heavy atom. The molecule has 3 nitrogen and oxygen atoms in total. The number of carbonyl (C=O) groups is 2. The maximum atomic E-state index is 12.9. The van der Waals surface area contributed by atoms with Crippen LogP contribution in [0.1, 0.15) is 36.3 Å². The topological polar surface area (TPSA) is 37.4 Å². The third kappa shape index (κ3) is 2.44. The third-order valence-electron chi connectivity index (χ3n) is 5.46. The van der Waals surface area contributed by atoms with Crippen LogP contribution in [0.25, 0.3) is 0 Å². The highest BCUT2D eigenvalue weighted by Gasteiger charge is 2.50. The average Bonchev–Trinajstić information content (AvgIpc) is 2.86. The smallest absolute Gasteiger partial charge is 0.237 e. The molecule has 2 aliphatic rings. The molecule has 2 aromatic carbocycles. The summed E-state index contributed by atoms with van der Waals surface area (Å²) in [7, 11) is 0. The maximum Gasteiger partial charge on any atom is 0.237 e. The van der Waals surface area contributed by atoms with Crippen molar-refractivity contribution in [3.63, 3.8) is 0 Å². The highest BCUT2D eigenvalue weighted by atomic mass is 16.2. The van der Waals surface area contributed by atoms with Gasteiger partial charge in [0.2, 0.25) is 11.8 Å². The van der Waals surface area contributed by atoms with Crippen molar-refractivity contribution >= 4 is 17.5 Å². The van der Waals surface area contributed by atoms with Gasteiger partial charge in [-0.2, -0.15) is 0 Å². The van der Waals surface area contributed by atoms with Crippen LogP contribution in [0.4, 0.5) is 5.69 Å². The number of fused-ring (bicyclic) bond motifs is 1. The summed E-state index contributed by atoms with van der Waals surface area (Å²) < 4.78 is 0. The molecule has 2 aromatic rings. The zero-order chi connectivity index (χ0) is 16.7. The van der Waals surface area contributed by atoms with Gasteiger partial charge in [-0.1, -0.05) is 42.5 Å². The summed E-state index contributed by atoms with van der Waals surface area (Å²) in [6.07, 6.45) is 2.56. The first-order valence-corrected chi connectivity index (χ1v) is 8.64. The molecule has 0 aromatic heterocycles. The number of imide groups is 1. The minimum Gasteiger partial charge on any atom is -0.274 e. The number of carbonyl (C=O) groups excluding carboxylic acids is 2. The Bertz CT molecular complexity index is 783. The molecule has 122 valence electrons. The predicted octanol–water partition coefficient (Wildman–Crippen LogP) is 4.07. The van der Waals surface area contributed by atoms with E-state index in [2.05, 4.69) is 12.1 Å². The molecular weight excluding hydrogens is 298 g/mol. The minimum atomic E-state index is -0.169. The molecule has 24 heavy (non-hydrogen) atoms. The molecule has 0 radical (unpaired) electrons. The Kier molecular flexibility index (Phi) is 3.72. The van der Waals surface area contributed by atoms with Crippen molar-refractivity contribution in [1.29, 1.82) is 0 Å². The summed E-state index contributed by atoms with van der Waals surface area (Å²) in [5.41, 5.74) is 3.06. The largest absolute Gasteiger partial charge is 0.274 e. The van der Waals surface area contributed by atoms with E-state index in [1.165, 1.54) is 10.5 Å². The van der Waals surface area contributed by atoms with Crippen LogP contribution in [-0.2, 0) is 9.59 Å². The second kappa shape index (κ2) is 5.90. The highest BCUT2D eigenvalue weighted by molar-refractivity contribution is 6.22. The Labute approximate surface area is 142 Å². The fourth-order valence-electron chi connectivity index (χ4n) is 4.23. The van der Waals surface area contributed by atoms with Crippen molar-refractivity contribution < 1.29 is 9.59 Å². The first-order valence-electron chi connectivity index (χ1n) is 8.64. The molecule has 1 aliphatic heterocycles. The van der Waals surface area contributed by atoms with Crippen molar-refractivity contribution in [1.82, 2.24) is 0 Å². The van der Waals surface area contributed by atoms with Crippen LogP contribution in [0.15, 0.2) is 54.6 Å². The molecule has 1 aliphatic carbocycles. The fraction of sp³-hybridized carbons (Fsp3) is 0.333. The fourth-order valence-corrected chi connectivity index (χ4v) is 4.23. The van der Waals surface area contributed by atoms with Crippen LogP contribution in [0.5, 0.6) is 0 Å². The van der Waals surface area contributed by atoms with Crippen molar-refractivity contribution in [2.75, 3.05) is 4.90 Å². The van der Waals surface area contributed by atoms with Crippen LogP contribution in [0.3, 0.4) is 0 Å². The van der Waals surface area contributed by atoms with Crippen molar-refractivity contribution in [2.45, 2.75) is 32.1 Å². The van der Waals surface area contributed by atoms with Gasteiger partial charge in [0, 0.05) is 0 Å². The Morgan fingerprint density at radius 2 is 1.62 bits per heavy atom. The molecule has 3 heteroatoms. The number of nitrogens with zero attached hydrogens (tertiary/aromatic N) is 1. The highest BCUT2D eigenvalue weighted by Crippen LogP contribution is 2.45. The van der Waals surface area contributed by atoms with Crippen LogP contribution in [-0.4, -0.2) is 11.8 Å². The lowest BCUT2D eigenvalue weighted by Crippen LogP contribution is -2.30. The lowest BCUT2D eigenvalue weighted by molar-refractivity contribution is -0.122. The number of hydrogen-bond acceptors (Lipinski definition) is 2. The molecule has 4 rings (SSSR count). The molecule has 1 saturated heterocycles. The summed E-state index contributed by atoms with van der Waals surface area (Å²) in [5, 5.41) is 0. The monoisotopic (exact) mass is 319 g/mol. The average molecular weight is 319 g/mol. The van der Waals surface area contributed by atoms with Gasteiger partial charge in [0.05, 0.1) is 17.5 Å². The predicted molar refractivity (Wildman–Crippen MR) is 93.7 cm³/mol. The van der Waals surface area contributed by atoms with E-state index < -0.39 is 0 Å². The van der Waals surface area contributed by atoms with Crippen LogP contribution in [0.2, 0.25) is 0 Å². The van der Waals surface area contributed by atoms with Gasteiger partial charge >= 0.3 is 0 Å². The van der Waals surface area contributed by atoms with Gasteiger partial charge < -0.3 is 0 Å². The van der Waals surface area contributed by atoms with Crippen LogP contribution < -0.4 is 4.90 Å². The minimum absolute atomic E-state index is 0.0119. The summed E-state index contributed by atoms with van der Waals surface area (Å²) >= 11 is 0. The summed E-state index contributed by atoms with van der Waals surface area (Å²) in [6, 6.07) is 18.0. The molecule has 0 unspecified atom stereocenters. The van der Waals surface area contributed by atoms with E-state index in [0.29, 0.717) is 5.92 Å². The molecule has 0 spiro atoms. The van der Waals surface area contributed by atoms with E-state index in [1.54, 1.807) is 0 Å². The van der Waals surface area contributed by atoms with Crippen molar-refractivity contribution in [3.8, 4) is 0 Å². The van der Waals surface area contributed by atoms with E-state index in [0.717, 1.165) is 30.5 Å². The lowest BCUT2D eigenvalue weighted by Gasteiger charge is -2.28. The van der Waals surface area contributed by atoms with Gasteiger partial charge in [-0.15, -0.1) is 0 Å². The first-order chi connectivity index (χ1) is 11.6. The Balaban J connectivity index is 1.61. The Hall–Kier alpha value is -2.42.